The van der Waals surface area contributed by atoms with Crippen molar-refractivity contribution in [2.75, 3.05) is 0 Å². The van der Waals surface area contributed by atoms with Crippen molar-refractivity contribution in [3.05, 3.63) is 119 Å². The Kier molecular flexibility index (Phi) is 18.1. The van der Waals surface area contributed by atoms with Gasteiger partial charge in [-0.3, -0.25) is 4.79 Å². The maximum atomic E-state index is 12.7. The molecule has 0 N–H and O–H groups in total. The molecular formula is C57H72N2O. The number of hydrogen-bond donors (Lipinski definition) is 0. The number of nitriles is 2. The molecule has 4 aromatic carbocycles. The SMILES string of the molecule is CCCC1CCC(C(C#N)Cc2ccc(-c3ccc(CCCCC(=O)CCCCc4ccc(-c5ccc(CC(C#N)C6CCC(CCC)CC6)cc5)cc4)cc3)cc2)CC1. The summed E-state index contributed by atoms with van der Waals surface area (Å²) in [6, 6.07) is 40.9. The first kappa shape index (κ1) is 45.1. The molecule has 60 heavy (non-hydrogen) atoms. The highest BCUT2D eigenvalue weighted by Crippen LogP contribution is 2.38. The molecule has 6 rings (SSSR count). The molecule has 2 saturated carbocycles. The maximum Gasteiger partial charge on any atom is 0.132 e. The molecule has 2 aliphatic carbocycles. The predicted molar refractivity (Wildman–Crippen MR) is 250 cm³/mol. The fourth-order valence-electron chi connectivity index (χ4n) is 10.5. The van der Waals surface area contributed by atoms with Crippen LogP contribution in [0.2, 0.25) is 0 Å². The highest BCUT2D eigenvalue weighted by atomic mass is 16.1. The van der Waals surface area contributed by atoms with Gasteiger partial charge in [0.1, 0.15) is 5.78 Å². The summed E-state index contributed by atoms with van der Waals surface area (Å²) in [6.07, 6.45) is 24.4. The molecule has 0 aliphatic heterocycles. The van der Waals surface area contributed by atoms with E-state index in [0.717, 1.165) is 63.2 Å². The summed E-state index contributed by atoms with van der Waals surface area (Å²) < 4.78 is 0. The number of unbranched alkanes of at least 4 members (excludes halogenated alkanes) is 2. The minimum Gasteiger partial charge on any atom is -0.300 e. The summed E-state index contributed by atoms with van der Waals surface area (Å²) in [5.74, 6) is 3.49. The lowest BCUT2D eigenvalue weighted by Crippen LogP contribution is -2.22. The van der Waals surface area contributed by atoms with Crippen LogP contribution in [0, 0.1) is 58.2 Å². The molecule has 0 saturated heterocycles. The van der Waals surface area contributed by atoms with Crippen molar-refractivity contribution in [1.82, 2.24) is 0 Å². The summed E-state index contributed by atoms with van der Waals surface area (Å²) >= 11 is 0. The van der Waals surface area contributed by atoms with Crippen LogP contribution < -0.4 is 0 Å². The van der Waals surface area contributed by atoms with Gasteiger partial charge in [-0.2, -0.15) is 10.5 Å². The average molecular weight is 801 g/mol. The number of rotatable bonds is 22. The lowest BCUT2D eigenvalue weighted by atomic mass is 9.73. The first-order valence-electron chi connectivity index (χ1n) is 24.1. The van der Waals surface area contributed by atoms with Crippen molar-refractivity contribution in [2.45, 2.75) is 155 Å². The van der Waals surface area contributed by atoms with Crippen LogP contribution in [0.25, 0.3) is 22.3 Å². The topological polar surface area (TPSA) is 64.7 Å². The minimum absolute atomic E-state index is 0.124. The Balaban J connectivity index is 0.832. The summed E-state index contributed by atoms with van der Waals surface area (Å²) in [5.41, 5.74) is 10.1. The van der Waals surface area contributed by atoms with E-state index >= 15 is 0 Å². The fraction of sp³-hybridized carbons (Fsp3) is 0.526. The third-order valence-corrected chi connectivity index (χ3v) is 14.4. The molecule has 0 radical (unpaired) electrons. The van der Waals surface area contributed by atoms with Gasteiger partial charge >= 0.3 is 0 Å². The number of nitrogens with zero attached hydrogens (tertiary/aromatic N) is 2. The van der Waals surface area contributed by atoms with Crippen LogP contribution in [0.3, 0.4) is 0 Å². The molecule has 0 heterocycles. The quantitative estimate of drug-likeness (QED) is 0.0744. The van der Waals surface area contributed by atoms with E-state index in [2.05, 4.69) is 123 Å². The first-order valence-corrected chi connectivity index (χ1v) is 24.1. The van der Waals surface area contributed by atoms with E-state index in [-0.39, 0.29) is 11.8 Å². The van der Waals surface area contributed by atoms with Crippen LogP contribution in [0.4, 0.5) is 0 Å². The molecule has 0 amide bonds. The Bertz CT molecular complexity index is 1790. The normalized spacial score (nSPS) is 20.1. The molecule has 2 fully saturated rings. The van der Waals surface area contributed by atoms with Crippen LogP contribution in [0.5, 0.6) is 0 Å². The lowest BCUT2D eigenvalue weighted by Gasteiger charge is -2.31. The molecule has 316 valence electrons. The van der Waals surface area contributed by atoms with Crippen molar-refractivity contribution in [1.29, 1.82) is 10.5 Å². The monoisotopic (exact) mass is 801 g/mol. The summed E-state index contributed by atoms with van der Waals surface area (Å²) in [7, 11) is 0. The molecule has 2 unspecified atom stereocenters. The maximum absolute atomic E-state index is 12.7. The second-order valence-corrected chi connectivity index (χ2v) is 18.8. The average Bonchev–Trinajstić information content (AvgIpc) is 3.29. The van der Waals surface area contributed by atoms with Gasteiger partial charge < -0.3 is 0 Å². The number of hydrogen-bond acceptors (Lipinski definition) is 3. The Hall–Kier alpha value is -4.47. The van der Waals surface area contributed by atoms with Crippen molar-refractivity contribution in [3.8, 4) is 34.4 Å². The summed E-state index contributed by atoms with van der Waals surface area (Å²) in [5, 5.41) is 19.9. The van der Waals surface area contributed by atoms with Gasteiger partial charge in [0.2, 0.25) is 0 Å². The van der Waals surface area contributed by atoms with E-state index in [9.17, 15) is 15.3 Å². The molecule has 3 nitrogen and oxygen atoms in total. The Morgan fingerprint density at radius 1 is 0.483 bits per heavy atom. The molecule has 4 aromatic rings. The van der Waals surface area contributed by atoms with Crippen molar-refractivity contribution in [3.63, 3.8) is 0 Å². The largest absolute Gasteiger partial charge is 0.300 e. The first-order chi connectivity index (χ1) is 29.4. The van der Waals surface area contributed by atoms with E-state index in [1.807, 2.05) is 0 Å². The smallest absolute Gasteiger partial charge is 0.132 e. The number of carbonyl (C=O) groups excluding carboxylic acids is 1. The molecular weight excluding hydrogens is 729 g/mol. The minimum atomic E-state index is 0.124. The highest BCUT2D eigenvalue weighted by molar-refractivity contribution is 5.78. The summed E-state index contributed by atoms with van der Waals surface area (Å²) in [4.78, 5) is 12.7. The van der Waals surface area contributed by atoms with E-state index in [1.54, 1.807) is 0 Å². The van der Waals surface area contributed by atoms with Crippen LogP contribution in [-0.2, 0) is 30.5 Å². The van der Waals surface area contributed by atoms with Crippen LogP contribution in [0.1, 0.15) is 152 Å². The molecule has 2 atom stereocenters. The Morgan fingerprint density at radius 3 is 1.10 bits per heavy atom. The number of Topliss-reactive ketones (excluding diaryl/α,β-unsaturated/α-hetero) is 1. The number of aryl methyl sites for hydroxylation is 2. The third-order valence-electron chi connectivity index (χ3n) is 14.4. The molecule has 0 aromatic heterocycles. The predicted octanol–water partition coefficient (Wildman–Crippen LogP) is 15.3. The zero-order valence-electron chi connectivity index (χ0n) is 37.1. The van der Waals surface area contributed by atoms with Crippen molar-refractivity contribution in [2.24, 2.45) is 35.5 Å². The van der Waals surface area contributed by atoms with Crippen LogP contribution >= 0.6 is 0 Å². The summed E-state index contributed by atoms with van der Waals surface area (Å²) in [6.45, 7) is 4.57. The van der Waals surface area contributed by atoms with Gasteiger partial charge in [0.15, 0.2) is 0 Å². The highest BCUT2D eigenvalue weighted by Gasteiger charge is 2.28. The fourth-order valence-corrected chi connectivity index (χ4v) is 10.5. The standard InChI is InChI=1S/C57H72N2O/c1-3-9-43-15-31-53(32-16-43)55(41-58)39-47-23-35-51(36-24-47)49-27-19-45(20-28-49)11-5-7-13-57(60)14-8-6-12-46-21-29-50(30-22-46)52-37-25-48(26-38-52)40-56(42-59)54-33-17-44(10-4-2)18-34-54/h19-30,35-38,43-44,53-56H,3-18,31-34,39-40H2,1-2H3. The second-order valence-electron chi connectivity index (χ2n) is 18.8. The van der Waals surface area contributed by atoms with E-state index < -0.39 is 0 Å². The van der Waals surface area contributed by atoms with Crippen molar-refractivity contribution < 1.29 is 4.79 Å². The van der Waals surface area contributed by atoms with E-state index in [1.165, 1.54) is 122 Å². The van der Waals surface area contributed by atoms with Gasteiger partial charge in [0.25, 0.3) is 0 Å². The van der Waals surface area contributed by atoms with Gasteiger partial charge in [-0.1, -0.05) is 162 Å². The van der Waals surface area contributed by atoms with Crippen molar-refractivity contribution >= 4 is 5.78 Å². The van der Waals surface area contributed by atoms with E-state index in [0.29, 0.717) is 30.5 Å². The zero-order chi connectivity index (χ0) is 41.9. The number of ketones is 1. The van der Waals surface area contributed by atoms with Gasteiger partial charge in [-0.25, -0.2) is 0 Å². The van der Waals surface area contributed by atoms with E-state index in [4.69, 9.17) is 0 Å². The molecule has 2 aliphatic rings. The number of carbonyl (C=O) groups is 1. The molecule has 0 spiro atoms. The zero-order valence-corrected chi connectivity index (χ0v) is 37.1. The van der Waals surface area contributed by atoms with Gasteiger partial charge in [-0.05, 0) is 145 Å². The van der Waals surface area contributed by atoms with Gasteiger partial charge in [0.05, 0.1) is 24.0 Å². The number of benzene rings is 4. The Morgan fingerprint density at radius 2 is 0.800 bits per heavy atom. The van der Waals surface area contributed by atoms with Crippen LogP contribution in [0.15, 0.2) is 97.1 Å². The van der Waals surface area contributed by atoms with Crippen LogP contribution in [-0.4, -0.2) is 5.78 Å². The second kappa shape index (κ2) is 24.1. The van der Waals surface area contributed by atoms with Gasteiger partial charge in [-0.15, -0.1) is 0 Å². The third kappa shape index (κ3) is 13.8. The molecule has 3 heteroatoms. The van der Waals surface area contributed by atoms with Gasteiger partial charge in [0, 0.05) is 12.8 Å². The molecule has 0 bridgehead atoms. The Labute approximate surface area is 364 Å². The lowest BCUT2D eigenvalue weighted by molar-refractivity contribution is -0.119.